The SMILES string of the molecule is C=C(C(=O)NCCOC)C1=C(N(C)C)c2nc(NCC)ncc2CCC1. The molecule has 0 saturated heterocycles. The highest BCUT2D eigenvalue weighted by Gasteiger charge is 2.25. The summed E-state index contributed by atoms with van der Waals surface area (Å²) in [6.07, 6.45) is 4.46. The molecule has 1 aliphatic rings. The van der Waals surface area contributed by atoms with Crippen LogP contribution in [0.3, 0.4) is 0 Å². The van der Waals surface area contributed by atoms with E-state index in [1.807, 2.05) is 32.1 Å². The molecule has 0 bridgehead atoms. The van der Waals surface area contributed by atoms with Crippen molar-refractivity contribution < 1.29 is 9.53 Å². The van der Waals surface area contributed by atoms with Crippen molar-refractivity contribution in [1.82, 2.24) is 20.2 Å². The van der Waals surface area contributed by atoms with Crippen molar-refractivity contribution in [1.29, 1.82) is 0 Å². The molecule has 2 rings (SSSR count). The Hall–Kier alpha value is -2.41. The second-order valence-electron chi connectivity index (χ2n) is 6.40. The highest BCUT2D eigenvalue weighted by Crippen LogP contribution is 2.33. The summed E-state index contributed by atoms with van der Waals surface area (Å²) in [6.45, 7) is 7.76. The van der Waals surface area contributed by atoms with Gasteiger partial charge in [0.15, 0.2) is 0 Å². The molecule has 2 N–H and O–H groups in total. The summed E-state index contributed by atoms with van der Waals surface area (Å²) in [6, 6.07) is 0. The quantitative estimate of drug-likeness (QED) is 0.545. The summed E-state index contributed by atoms with van der Waals surface area (Å²) >= 11 is 0. The zero-order valence-electron chi connectivity index (χ0n) is 16.2. The fourth-order valence-electron chi connectivity index (χ4n) is 3.04. The van der Waals surface area contributed by atoms with E-state index in [1.54, 1.807) is 7.11 Å². The van der Waals surface area contributed by atoms with Gasteiger partial charge in [0.2, 0.25) is 5.95 Å². The summed E-state index contributed by atoms with van der Waals surface area (Å²) in [5.74, 6) is 0.433. The third-order valence-electron chi connectivity index (χ3n) is 4.26. The lowest BCUT2D eigenvalue weighted by Crippen LogP contribution is -2.29. The molecule has 1 aromatic heterocycles. The van der Waals surface area contributed by atoms with Crippen molar-refractivity contribution in [3.8, 4) is 0 Å². The molecule has 0 radical (unpaired) electrons. The monoisotopic (exact) mass is 359 g/mol. The molecule has 7 nitrogen and oxygen atoms in total. The predicted octanol–water partition coefficient (Wildman–Crippen LogP) is 1.84. The Morgan fingerprint density at radius 1 is 1.38 bits per heavy atom. The fraction of sp³-hybridized carbons (Fsp3) is 0.526. The van der Waals surface area contributed by atoms with E-state index in [0.29, 0.717) is 24.7 Å². The Morgan fingerprint density at radius 2 is 2.15 bits per heavy atom. The number of carbonyl (C=O) groups excluding carboxylic acids is 1. The topological polar surface area (TPSA) is 79.4 Å². The van der Waals surface area contributed by atoms with Gasteiger partial charge in [-0.05, 0) is 37.3 Å². The molecule has 1 aromatic rings. The summed E-state index contributed by atoms with van der Waals surface area (Å²) < 4.78 is 4.99. The number of nitrogens with zero attached hydrogens (tertiary/aromatic N) is 3. The second kappa shape index (κ2) is 9.33. The van der Waals surface area contributed by atoms with E-state index in [0.717, 1.165) is 48.3 Å². The molecule has 0 aromatic carbocycles. The maximum absolute atomic E-state index is 12.5. The summed E-state index contributed by atoms with van der Waals surface area (Å²) in [5.41, 5.74) is 4.33. The van der Waals surface area contributed by atoms with Crippen molar-refractivity contribution in [3.05, 3.63) is 35.2 Å². The molecule has 0 fully saturated rings. The molecule has 26 heavy (non-hydrogen) atoms. The van der Waals surface area contributed by atoms with Crippen LogP contribution in [0, 0.1) is 0 Å². The molecule has 1 aliphatic carbocycles. The molecule has 0 spiro atoms. The van der Waals surface area contributed by atoms with Gasteiger partial charge >= 0.3 is 0 Å². The molecule has 142 valence electrons. The van der Waals surface area contributed by atoms with Gasteiger partial charge in [-0.3, -0.25) is 4.79 Å². The molecule has 0 atom stereocenters. The third-order valence-corrected chi connectivity index (χ3v) is 4.26. The molecule has 1 heterocycles. The summed E-state index contributed by atoms with van der Waals surface area (Å²) in [7, 11) is 5.54. The van der Waals surface area contributed by atoms with Crippen LogP contribution in [0.1, 0.15) is 31.0 Å². The number of fused-ring (bicyclic) bond motifs is 1. The van der Waals surface area contributed by atoms with E-state index in [1.165, 1.54) is 0 Å². The molecule has 0 aliphatic heterocycles. The Balaban J connectivity index is 2.43. The molecule has 0 saturated carbocycles. The van der Waals surface area contributed by atoms with Gasteiger partial charge in [0.25, 0.3) is 5.91 Å². The van der Waals surface area contributed by atoms with Gasteiger partial charge in [0.1, 0.15) is 0 Å². The first-order valence-corrected chi connectivity index (χ1v) is 8.96. The molecule has 0 unspecified atom stereocenters. The number of carbonyl (C=O) groups is 1. The van der Waals surface area contributed by atoms with Crippen molar-refractivity contribution in [3.63, 3.8) is 0 Å². The Morgan fingerprint density at radius 3 is 2.81 bits per heavy atom. The van der Waals surface area contributed by atoms with Crippen LogP contribution in [0.2, 0.25) is 0 Å². The first-order chi connectivity index (χ1) is 12.5. The Kier molecular flexibility index (Phi) is 7.15. The standard InChI is InChI=1S/C19H29N5O2/c1-6-20-19-22-12-14-8-7-9-15(17(24(3)4)16(14)23-19)13(2)18(25)21-10-11-26-5/h12H,2,6-11H2,1,3-5H3,(H,21,25)(H,20,22,23). The minimum atomic E-state index is -0.166. The number of ether oxygens (including phenoxy) is 1. The van der Waals surface area contributed by atoms with Crippen LogP contribution < -0.4 is 10.6 Å². The van der Waals surface area contributed by atoms with Crippen LogP contribution in [0.15, 0.2) is 23.9 Å². The Bertz CT molecular complexity index is 697. The third kappa shape index (κ3) is 4.60. The first kappa shape index (κ1) is 19.9. The van der Waals surface area contributed by atoms with Crippen LogP contribution in [-0.4, -0.2) is 61.7 Å². The minimum Gasteiger partial charge on any atom is -0.383 e. The number of hydrogen-bond donors (Lipinski definition) is 2. The van der Waals surface area contributed by atoms with Crippen molar-refractivity contribution in [2.75, 3.05) is 46.2 Å². The number of nitrogens with one attached hydrogen (secondary N) is 2. The lowest BCUT2D eigenvalue weighted by Gasteiger charge is -2.23. The minimum absolute atomic E-state index is 0.166. The van der Waals surface area contributed by atoms with E-state index in [2.05, 4.69) is 22.2 Å². The molecule has 1 amide bonds. The van der Waals surface area contributed by atoms with Gasteiger partial charge in [-0.1, -0.05) is 6.58 Å². The van der Waals surface area contributed by atoms with Gasteiger partial charge in [0, 0.05) is 46.1 Å². The first-order valence-electron chi connectivity index (χ1n) is 8.96. The van der Waals surface area contributed by atoms with Gasteiger partial charge in [-0.2, -0.15) is 0 Å². The smallest absolute Gasteiger partial charge is 0.251 e. The highest BCUT2D eigenvalue weighted by atomic mass is 16.5. The van der Waals surface area contributed by atoms with E-state index in [9.17, 15) is 4.79 Å². The van der Waals surface area contributed by atoms with Gasteiger partial charge in [-0.15, -0.1) is 0 Å². The Labute approximate surface area is 155 Å². The predicted molar refractivity (Wildman–Crippen MR) is 104 cm³/mol. The lowest BCUT2D eigenvalue weighted by molar-refractivity contribution is -0.117. The molecule has 7 heteroatoms. The normalized spacial score (nSPS) is 13.7. The average Bonchev–Trinajstić information content (AvgIpc) is 2.80. The average molecular weight is 359 g/mol. The van der Waals surface area contributed by atoms with Crippen molar-refractivity contribution in [2.45, 2.75) is 26.2 Å². The maximum atomic E-state index is 12.5. The number of aromatic nitrogens is 2. The lowest BCUT2D eigenvalue weighted by atomic mass is 9.99. The number of anilines is 1. The highest BCUT2D eigenvalue weighted by molar-refractivity contribution is 5.99. The number of aryl methyl sites for hydroxylation is 1. The van der Waals surface area contributed by atoms with Crippen LogP contribution in [-0.2, 0) is 16.0 Å². The van der Waals surface area contributed by atoms with E-state index in [-0.39, 0.29) is 5.91 Å². The van der Waals surface area contributed by atoms with Gasteiger partial charge in [-0.25, -0.2) is 9.97 Å². The van der Waals surface area contributed by atoms with Crippen molar-refractivity contribution in [2.24, 2.45) is 0 Å². The molecular formula is C19H29N5O2. The maximum Gasteiger partial charge on any atom is 0.251 e. The van der Waals surface area contributed by atoms with E-state index < -0.39 is 0 Å². The van der Waals surface area contributed by atoms with Crippen LogP contribution >= 0.6 is 0 Å². The second-order valence-corrected chi connectivity index (χ2v) is 6.40. The van der Waals surface area contributed by atoms with Crippen LogP contribution in [0.4, 0.5) is 5.95 Å². The zero-order chi connectivity index (χ0) is 19.1. The summed E-state index contributed by atoms with van der Waals surface area (Å²) in [5, 5.41) is 6.01. The van der Waals surface area contributed by atoms with Crippen LogP contribution in [0.25, 0.3) is 5.70 Å². The largest absolute Gasteiger partial charge is 0.383 e. The van der Waals surface area contributed by atoms with Gasteiger partial charge < -0.3 is 20.3 Å². The van der Waals surface area contributed by atoms with E-state index in [4.69, 9.17) is 9.72 Å². The molecular weight excluding hydrogens is 330 g/mol. The number of hydrogen-bond acceptors (Lipinski definition) is 6. The summed E-state index contributed by atoms with van der Waals surface area (Å²) in [4.78, 5) is 23.6. The van der Waals surface area contributed by atoms with E-state index >= 15 is 0 Å². The van der Waals surface area contributed by atoms with Crippen molar-refractivity contribution >= 4 is 17.6 Å². The number of amides is 1. The van der Waals surface area contributed by atoms with Crippen LogP contribution in [0.5, 0.6) is 0 Å². The fourth-order valence-corrected chi connectivity index (χ4v) is 3.04. The zero-order valence-corrected chi connectivity index (χ0v) is 16.2. The number of methoxy groups -OCH3 is 1. The number of rotatable bonds is 8. The van der Waals surface area contributed by atoms with Gasteiger partial charge in [0.05, 0.1) is 18.0 Å².